The lowest BCUT2D eigenvalue weighted by molar-refractivity contribution is -0.121. The Morgan fingerprint density at radius 3 is 2.38 bits per heavy atom. The first-order chi connectivity index (χ1) is 15.3. The molecule has 2 aromatic carbocycles. The molecule has 0 aromatic heterocycles. The van der Waals surface area contributed by atoms with Crippen LogP contribution in [-0.4, -0.2) is 52.9 Å². The Kier molecular flexibility index (Phi) is 8.15. The monoisotopic (exact) mass is 459 g/mol. The number of methoxy groups -OCH3 is 1. The molecule has 0 radical (unpaired) electrons. The van der Waals surface area contributed by atoms with Crippen LogP contribution in [0.5, 0.6) is 5.75 Å². The van der Waals surface area contributed by atoms with Gasteiger partial charge in [0.05, 0.1) is 12.0 Å². The van der Waals surface area contributed by atoms with Crippen molar-refractivity contribution >= 4 is 21.6 Å². The second kappa shape index (κ2) is 10.8. The maximum Gasteiger partial charge on any atom is 0.242 e. The molecule has 1 fully saturated rings. The number of sulfonamides is 1. The zero-order chi connectivity index (χ0) is 23.1. The summed E-state index contributed by atoms with van der Waals surface area (Å²) in [5.41, 5.74) is 2.98. The van der Waals surface area contributed by atoms with Crippen LogP contribution in [0.25, 0.3) is 0 Å². The van der Waals surface area contributed by atoms with Gasteiger partial charge < -0.3 is 15.0 Å². The summed E-state index contributed by atoms with van der Waals surface area (Å²) >= 11 is 0. The lowest BCUT2D eigenvalue weighted by Gasteiger charge is -2.28. The molecular formula is C24H33N3O4S. The van der Waals surface area contributed by atoms with Crippen LogP contribution in [-0.2, 0) is 27.8 Å². The molecule has 8 heteroatoms. The normalized spacial score (nSPS) is 14.4. The van der Waals surface area contributed by atoms with E-state index in [9.17, 15) is 13.2 Å². The van der Waals surface area contributed by atoms with Gasteiger partial charge in [-0.2, -0.15) is 0 Å². The van der Waals surface area contributed by atoms with Gasteiger partial charge in [-0.25, -0.2) is 12.7 Å². The van der Waals surface area contributed by atoms with Crippen molar-refractivity contribution < 1.29 is 17.9 Å². The Hall–Kier alpha value is -2.58. The first kappa shape index (κ1) is 24.1. The average molecular weight is 460 g/mol. The molecular weight excluding hydrogens is 426 g/mol. The van der Waals surface area contributed by atoms with Gasteiger partial charge in [0, 0.05) is 45.8 Å². The van der Waals surface area contributed by atoms with Gasteiger partial charge in [0.2, 0.25) is 15.9 Å². The molecule has 0 spiro atoms. The molecule has 2 aromatic rings. The van der Waals surface area contributed by atoms with Gasteiger partial charge in [0.15, 0.2) is 0 Å². The maximum absolute atomic E-state index is 12.4. The summed E-state index contributed by atoms with van der Waals surface area (Å²) in [6.07, 6.45) is 4.43. The van der Waals surface area contributed by atoms with Gasteiger partial charge in [-0.3, -0.25) is 4.79 Å². The average Bonchev–Trinajstić information content (AvgIpc) is 2.82. The van der Waals surface area contributed by atoms with Crippen LogP contribution in [0.4, 0.5) is 5.69 Å². The van der Waals surface area contributed by atoms with Gasteiger partial charge in [0.25, 0.3) is 0 Å². The summed E-state index contributed by atoms with van der Waals surface area (Å²) in [4.78, 5) is 15.0. The summed E-state index contributed by atoms with van der Waals surface area (Å²) in [7, 11) is 0.971. The van der Waals surface area contributed by atoms with E-state index in [1.165, 1.54) is 56.5 Å². The van der Waals surface area contributed by atoms with Crippen LogP contribution in [0.1, 0.15) is 36.8 Å². The van der Waals surface area contributed by atoms with Crippen LogP contribution in [0.15, 0.2) is 47.4 Å². The number of hydrogen-bond acceptors (Lipinski definition) is 5. The number of anilines is 1. The summed E-state index contributed by atoms with van der Waals surface area (Å²) in [5, 5.41) is 2.95. The highest BCUT2D eigenvalue weighted by Gasteiger charge is 2.19. The molecule has 1 aliphatic heterocycles. The van der Waals surface area contributed by atoms with Crippen molar-refractivity contribution in [2.75, 3.05) is 39.2 Å². The van der Waals surface area contributed by atoms with Gasteiger partial charge in [-0.15, -0.1) is 0 Å². The number of amides is 1. The van der Waals surface area contributed by atoms with Crippen molar-refractivity contribution in [2.45, 2.75) is 43.5 Å². The summed E-state index contributed by atoms with van der Waals surface area (Å²) in [6.45, 7) is 2.68. The summed E-state index contributed by atoms with van der Waals surface area (Å²) in [5.74, 6) is 0.483. The van der Waals surface area contributed by atoms with Gasteiger partial charge in [-0.1, -0.05) is 12.1 Å². The summed E-state index contributed by atoms with van der Waals surface area (Å²) < 4.78 is 31.3. The van der Waals surface area contributed by atoms with E-state index >= 15 is 0 Å². The molecule has 0 atom stereocenters. The Labute approximate surface area is 191 Å². The second-order valence-electron chi connectivity index (χ2n) is 8.25. The number of benzene rings is 2. The highest BCUT2D eigenvalue weighted by Crippen LogP contribution is 2.25. The van der Waals surface area contributed by atoms with Crippen molar-refractivity contribution in [3.63, 3.8) is 0 Å². The van der Waals surface area contributed by atoms with Crippen LogP contribution >= 0.6 is 0 Å². The number of carbonyl (C=O) groups is 1. The van der Waals surface area contributed by atoms with E-state index in [2.05, 4.69) is 34.5 Å². The standard InChI is InChI=1S/C24H33N3O4S/c1-26(2)32(29,30)22-12-13-23(31-3)20(17-22)9-14-24(28)25-18-19-7-10-21(11-8-19)27-15-5-4-6-16-27/h7-8,10-13,17H,4-6,9,14-16,18H2,1-3H3,(H,25,28). The minimum atomic E-state index is -3.55. The Morgan fingerprint density at radius 2 is 1.75 bits per heavy atom. The number of piperidine rings is 1. The molecule has 7 nitrogen and oxygen atoms in total. The summed E-state index contributed by atoms with van der Waals surface area (Å²) in [6, 6.07) is 13.1. The minimum absolute atomic E-state index is 0.0898. The van der Waals surface area contributed by atoms with Gasteiger partial charge in [-0.05, 0) is 67.1 Å². The third-order valence-electron chi connectivity index (χ3n) is 5.80. The minimum Gasteiger partial charge on any atom is -0.496 e. The largest absolute Gasteiger partial charge is 0.496 e. The number of aryl methyl sites for hydroxylation is 1. The van der Waals surface area contributed by atoms with Crippen molar-refractivity contribution in [1.82, 2.24) is 9.62 Å². The number of carbonyl (C=O) groups excluding carboxylic acids is 1. The SMILES string of the molecule is COc1ccc(S(=O)(=O)N(C)C)cc1CCC(=O)NCc1ccc(N2CCCCC2)cc1. The Morgan fingerprint density at radius 1 is 1.06 bits per heavy atom. The van der Waals surface area contributed by atoms with Gasteiger partial charge in [0.1, 0.15) is 5.75 Å². The fraction of sp³-hybridized carbons (Fsp3) is 0.458. The van der Waals surface area contributed by atoms with Crippen LogP contribution < -0.4 is 15.0 Å². The lowest BCUT2D eigenvalue weighted by Crippen LogP contribution is -2.29. The molecule has 1 heterocycles. The molecule has 0 saturated carbocycles. The Bertz CT molecular complexity index is 1010. The molecule has 32 heavy (non-hydrogen) atoms. The van der Waals surface area contributed by atoms with Crippen LogP contribution in [0, 0.1) is 0 Å². The van der Waals surface area contributed by atoms with E-state index in [-0.39, 0.29) is 17.2 Å². The van der Waals surface area contributed by atoms with Crippen molar-refractivity contribution in [3.8, 4) is 5.75 Å². The van der Waals surface area contributed by atoms with E-state index in [1.54, 1.807) is 12.1 Å². The van der Waals surface area contributed by atoms with Crippen LogP contribution in [0.2, 0.25) is 0 Å². The van der Waals surface area contributed by atoms with E-state index in [0.29, 0.717) is 24.3 Å². The highest BCUT2D eigenvalue weighted by atomic mass is 32.2. The molecule has 174 valence electrons. The molecule has 3 rings (SSSR count). The number of nitrogens with zero attached hydrogens (tertiary/aromatic N) is 2. The molecule has 0 aliphatic carbocycles. The van der Waals surface area contributed by atoms with Crippen LogP contribution in [0.3, 0.4) is 0 Å². The fourth-order valence-electron chi connectivity index (χ4n) is 3.84. The molecule has 0 unspecified atom stereocenters. The quantitative estimate of drug-likeness (QED) is 0.623. The highest BCUT2D eigenvalue weighted by molar-refractivity contribution is 7.89. The second-order valence-corrected chi connectivity index (χ2v) is 10.4. The first-order valence-corrected chi connectivity index (χ1v) is 12.5. The third kappa shape index (κ3) is 6.01. The number of nitrogens with one attached hydrogen (secondary N) is 1. The first-order valence-electron chi connectivity index (χ1n) is 11.0. The number of hydrogen-bond donors (Lipinski definition) is 1. The maximum atomic E-state index is 12.4. The zero-order valence-corrected chi connectivity index (χ0v) is 20.0. The predicted octanol–water partition coefficient (Wildman–Crippen LogP) is 3.18. The molecule has 1 N–H and O–H groups in total. The Balaban J connectivity index is 1.55. The third-order valence-corrected chi connectivity index (χ3v) is 7.61. The van der Waals surface area contributed by atoms with Crippen molar-refractivity contribution in [2.24, 2.45) is 0 Å². The molecule has 1 saturated heterocycles. The fourth-order valence-corrected chi connectivity index (χ4v) is 4.79. The lowest BCUT2D eigenvalue weighted by atomic mass is 10.1. The predicted molar refractivity (Wildman–Crippen MR) is 127 cm³/mol. The van der Waals surface area contributed by atoms with E-state index in [0.717, 1.165) is 18.7 Å². The van der Waals surface area contributed by atoms with E-state index < -0.39 is 10.0 Å². The number of rotatable bonds is 9. The van der Waals surface area contributed by atoms with E-state index in [4.69, 9.17) is 4.74 Å². The smallest absolute Gasteiger partial charge is 0.242 e. The molecule has 1 aliphatic rings. The number of ether oxygens (including phenoxy) is 1. The van der Waals surface area contributed by atoms with Crippen molar-refractivity contribution in [3.05, 3.63) is 53.6 Å². The topological polar surface area (TPSA) is 79.0 Å². The van der Waals surface area contributed by atoms with Crippen molar-refractivity contribution in [1.29, 1.82) is 0 Å². The van der Waals surface area contributed by atoms with E-state index in [1.807, 2.05) is 0 Å². The molecule has 1 amide bonds. The zero-order valence-electron chi connectivity index (χ0n) is 19.1. The van der Waals surface area contributed by atoms with Gasteiger partial charge >= 0.3 is 0 Å². The molecule has 0 bridgehead atoms.